The van der Waals surface area contributed by atoms with Crippen LogP contribution in [0, 0.1) is 6.92 Å². The second kappa shape index (κ2) is 6.75. The summed E-state index contributed by atoms with van der Waals surface area (Å²) in [5, 5.41) is 6.56. The summed E-state index contributed by atoms with van der Waals surface area (Å²) in [5.74, 6) is 0.425. The number of benzene rings is 1. The van der Waals surface area contributed by atoms with Crippen molar-refractivity contribution in [1.29, 1.82) is 0 Å². The van der Waals surface area contributed by atoms with Gasteiger partial charge in [-0.2, -0.15) is 0 Å². The summed E-state index contributed by atoms with van der Waals surface area (Å²) in [7, 11) is 0. The van der Waals surface area contributed by atoms with E-state index in [0.717, 1.165) is 12.1 Å². The Kier molecular flexibility index (Phi) is 4.53. The molecule has 5 nitrogen and oxygen atoms in total. The Balaban J connectivity index is 1.51. The number of carbonyl (C=O) groups excluding carboxylic acids is 1. The van der Waals surface area contributed by atoms with Crippen LogP contribution in [0.4, 0.5) is 0 Å². The van der Waals surface area contributed by atoms with Crippen LogP contribution in [-0.2, 0) is 13.1 Å². The highest BCUT2D eigenvalue weighted by Crippen LogP contribution is 2.13. The zero-order chi connectivity index (χ0) is 15.4. The van der Waals surface area contributed by atoms with Gasteiger partial charge < -0.3 is 9.84 Å². The van der Waals surface area contributed by atoms with Gasteiger partial charge in [0, 0.05) is 19.2 Å². The van der Waals surface area contributed by atoms with E-state index < -0.39 is 0 Å². The Bertz CT molecular complexity index is 628. The summed E-state index contributed by atoms with van der Waals surface area (Å²) in [6.07, 6.45) is 2.62. The quantitative estimate of drug-likeness (QED) is 0.921. The number of likely N-dealkylation sites (tertiary alicyclic amines) is 1. The molecule has 5 heteroatoms. The van der Waals surface area contributed by atoms with Crippen LogP contribution in [0.1, 0.15) is 40.2 Å². The third kappa shape index (κ3) is 3.74. The summed E-state index contributed by atoms with van der Waals surface area (Å²) in [6, 6.07) is 10.0. The molecule has 0 radical (unpaired) electrons. The summed E-state index contributed by atoms with van der Waals surface area (Å²) < 4.78 is 4.90. The molecule has 1 N–H and O–H groups in total. The molecular weight excluding hydrogens is 278 g/mol. The van der Waals surface area contributed by atoms with Crippen LogP contribution in [0.5, 0.6) is 0 Å². The molecule has 0 saturated carbocycles. The smallest absolute Gasteiger partial charge is 0.273 e. The average Bonchev–Trinajstić information content (AvgIpc) is 3.18. The van der Waals surface area contributed by atoms with Crippen molar-refractivity contribution in [3.8, 4) is 0 Å². The Morgan fingerprint density at radius 3 is 2.55 bits per heavy atom. The van der Waals surface area contributed by atoms with Crippen molar-refractivity contribution >= 4 is 5.91 Å². The predicted molar refractivity (Wildman–Crippen MR) is 83.4 cm³/mol. The number of rotatable bonds is 5. The maximum Gasteiger partial charge on any atom is 0.273 e. The first-order chi connectivity index (χ1) is 10.7. The van der Waals surface area contributed by atoms with E-state index in [9.17, 15) is 4.79 Å². The Morgan fingerprint density at radius 2 is 1.91 bits per heavy atom. The number of aromatic nitrogens is 1. The predicted octanol–water partition coefficient (Wildman–Crippen LogP) is 2.51. The maximum absolute atomic E-state index is 11.9. The average molecular weight is 299 g/mol. The molecule has 1 aromatic heterocycles. The molecule has 0 spiro atoms. The summed E-state index contributed by atoms with van der Waals surface area (Å²) >= 11 is 0. The summed E-state index contributed by atoms with van der Waals surface area (Å²) in [5.41, 5.74) is 2.73. The molecule has 0 bridgehead atoms. The highest BCUT2D eigenvalue weighted by Gasteiger charge is 2.12. The van der Waals surface area contributed by atoms with Crippen molar-refractivity contribution in [2.75, 3.05) is 13.1 Å². The van der Waals surface area contributed by atoms with Gasteiger partial charge in [0.1, 0.15) is 5.76 Å². The third-order valence-corrected chi connectivity index (χ3v) is 3.94. The Morgan fingerprint density at radius 1 is 1.23 bits per heavy atom. The largest absolute Gasteiger partial charge is 0.361 e. The molecule has 2 aromatic rings. The normalized spacial score (nSPS) is 15.1. The molecule has 0 atom stereocenters. The van der Waals surface area contributed by atoms with E-state index in [4.69, 9.17) is 4.52 Å². The fourth-order valence-corrected chi connectivity index (χ4v) is 2.71. The Labute approximate surface area is 130 Å². The SMILES string of the molecule is Cc1cc(C(=O)NCc2ccc(CN3CCCC3)cc2)no1. The third-order valence-electron chi connectivity index (χ3n) is 3.94. The molecule has 1 amide bonds. The van der Waals surface area contributed by atoms with Crippen molar-refractivity contribution in [3.05, 3.63) is 52.9 Å². The molecule has 1 aliphatic rings. The van der Waals surface area contributed by atoms with Crippen LogP contribution in [0.2, 0.25) is 0 Å². The zero-order valence-electron chi connectivity index (χ0n) is 12.8. The van der Waals surface area contributed by atoms with Crippen LogP contribution in [-0.4, -0.2) is 29.1 Å². The summed E-state index contributed by atoms with van der Waals surface area (Å²) in [6.45, 7) is 5.69. The van der Waals surface area contributed by atoms with Crippen LogP contribution in [0.3, 0.4) is 0 Å². The van der Waals surface area contributed by atoms with Gasteiger partial charge in [-0.3, -0.25) is 9.69 Å². The lowest BCUT2D eigenvalue weighted by molar-refractivity contribution is 0.0942. The van der Waals surface area contributed by atoms with Gasteiger partial charge in [-0.15, -0.1) is 0 Å². The van der Waals surface area contributed by atoms with Crippen LogP contribution in [0.15, 0.2) is 34.9 Å². The van der Waals surface area contributed by atoms with Crippen LogP contribution < -0.4 is 5.32 Å². The first-order valence-electron chi connectivity index (χ1n) is 7.72. The number of carbonyl (C=O) groups is 1. The highest BCUT2D eigenvalue weighted by atomic mass is 16.5. The van der Waals surface area contributed by atoms with Crippen molar-refractivity contribution in [2.24, 2.45) is 0 Å². The fraction of sp³-hybridized carbons (Fsp3) is 0.412. The number of hydrogen-bond acceptors (Lipinski definition) is 4. The minimum absolute atomic E-state index is 0.210. The lowest BCUT2D eigenvalue weighted by Gasteiger charge is -2.14. The topological polar surface area (TPSA) is 58.4 Å². The number of aryl methyl sites for hydroxylation is 1. The molecule has 0 unspecified atom stereocenters. The molecule has 1 aromatic carbocycles. The molecule has 0 aliphatic carbocycles. The van der Waals surface area contributed by atoms with Gasteiger partial charge in [0.15, 0.2) is 5.69 Å². The van der Waals surface area contributed by atoms with Gasteiger partial charge in [0.2, 0.25) is 0 Å². The number of nitrogens with one attached hydrogen (secondary N) is 1. The molecule has 116 valence electrons. The molecule has 2 heterocycles. The Hall–Kier alpha value is -2.14. The van der Waals surface area contributed by atoms with Gasteiger partial charge in [0.05, 0.1) is 0 Å². The molecule has 3 rings (SSSR count). The second-order valence-electron chi connectivity index (χ2n) is 5.81. The standard InChI is InChI=1S/C17H21N3O2/c1-13-10-16(19-22-13)17(21)18-11-14-4-6-15(7-5-14)12-20-8-2-3-9-20/h4-7,10H,2-3,8-9,11-12H2,1H3,(H,18,21). The first kappa shape index (κ1) is 14.8. The monoisotopic (exact) mass is 299 g/mol. The van der Waals surface area contributed by atoms with Gasteiger partial charge in [0.25, 0.3) is 5.91 Å². The number of hydrogen-bond donors (Lipinski definition) is 1. The van der Waals surface area contributed by atoms with Crippen molar-refractivity contribution < 1.29 is 9.32 Å². The van der Waals surface area contributed by atoms with E-state index >= 15 is 0 Å². The summed E-state index contributed by atoms with van der Waals surface area (Å²) in [4.78, 5) is 14.4. The lowest BCUT2D eigenvalue weighted by Crippen LogP contribution is -2.23. The van der Waals surface area contributed by atoms with Crippen LogP contribution >= 0.6 is 0 Å². The number of nitrogens with zero attached hydrogens (tertiary/aromatic N) is 2. The molecule has 1 saturated heterocycles. The lowest BCUT2D eigenvalue weighted by atomic mass is 10.1. The van der Waals surface area contributed by atoms with E-state index in [1.165, 1.54) is 31.5 Å². The first-order valence-corrected chi connectivity index (χ1v) is 7.72. The van der Waals surface area contributed by atoms with Gasteiger partial charge >= 0.3 is 0 Å². The maximum atomic E-state index is 11.9. The van der Waals surface area contributed by atoms with Crippen molar-refractivity contribution in [1.82, 2.24) is 15.4 Å². The van der Waals surface area contributed by atoms with Gasteiger partial charge in [-0.25, -0.2) is 0 Å². The highest BCUT2D eigenvalue weighted by molar-refractivity contribution is 5.92. The van der Waals surface area contributed by atoms with Crippen molar-refractivity contribution in [2.45, 2.75) is 32.9 Å². The fourth-order valence-electron chi connectivity index (χ4n) is 2.71. The van der Waals surface area contributed by atoms with E-state index in [1.807, 2.05) is 0 Å². The van der Waals surface area contributed by atoms with Gasteiger partial charge in [-0.1, -0.05) is 29.4 Å². The molecule has 22 heavy (non-hydrogen) atoms. The zero-order valence-corrected chi connectivity index (χ0v) is 12.8. The van der Waals surface area contributed by atoms with Gasteiger partial charge in [-0.05, 0) is 44.0 Å². The molecule has 1 aliphatic heterocycles. The minimum Gasteiger partial charge on any atom is -0.361 e. The second-order valence-corrected chi connectivity index (χ2v) is 5.81. The van der Waals surface area contributed by atoms with E-state index in [1.54, 1.807) is 13.0 Å². The van der Waals surface area contributed by atoms with Crippen molar-refractivity contribution in [3.63, 3.8) is 0 Å². The molecular formula is C17H21N3O2. The molecule has 1 fully saturated rings. The van der Waals surface area contributed by atoms with E-state index in [-0.39, 0.29) is 5.91 Å². The minimum atomic E-state index is -0.210. The van der Waals surface area contributed by atoms with E-state index in [0.29, 0.717) is 18.0 Å². The van der Waals surface area contributed by atoms with E-state index in [2.05, 4.69) is 39.6 Å². The number of amides is 1. The van der Waals surface area contributed by atoms with Crippen LogP contribution in [0.25, 0.3) is 0 Å².